The maximum absolute atomic E-state index is 12.8. The number of hydrogen-bond acceptors (Lipinski definition) is 5. The average Bonchev–Trinajstić information content (AvgIpc) is 3.17. The highest BCUT2D eigenvalue weighted by molar-refractivity contribution is 5.92. The van der Waals surface area contributed by atoms with Gasteiger partial charge in [-0.2, -0.15) is 0 Å². The van der Waals surface area contributed by atoms with Crippen LogP contribution in [0.1, 0.15) is 62.9 Å². The lowest BCUT2D eigenvalue weighted by atomic mass is 9.93. The molecule has 7 nitrogen and oxygen atoms in total. The van der Waals surface area contributed by atoms with Gasteiger partial charge in [0, 0.05) is 24.1 Å². The molecule has 2 amide bonds. The summed E-state index contributed by atoms with van der Waals surface area (Å²) >= 11 is 0. The zero-order valence-electron chi connectivity index (χ0n) is 18.1. The highest BCUT2D eigenvalue weighted by Crippen LogP contribution is 2.22. The van der Waals surface area contributed by atoms with E-state index < -0.39 is 5.41 Å². The third-order valence-corrected chi connectivity index (χ3v) is 4.76. The molecule has 1 aromatic carbocycles. The van der Waals surface area contributed by atoms with Gasteiger partial charge in [0.15, 0.2) is 11.5 Å². The maximum atomic E-state index is 12.8. The lowest BCUT2D eigenvalue weighted by molar-refractivity contribution is -0.142. The van der Waals surface area contributed by atoms with E-state index in [1.165, 1.54) is 0 Å². The fraction of sp³-hybridized carbons (Fsp3) is 0.500. The van der Waals surface area contributed by atoms with Crippen molar-refractivity contribution in [3.05, 3.63) is 47.3 Å². The lowest BCUT2D eigenvalue weighted by Crippen LogP contribution is -2.43. The van der Waals surface area contributed by atoms with Crippen LogP contribution in [0.2, 0.25) is 0 Å². The van der Waals surface area contributed by atoms with E-state index >= 15 is 0 Å². The SMILES string of the molecule is CCC(C)N(Cc1cc(C(=O)NCc2ccc(OC)cc2)no1)C(=O)C(C)(C)C. The molecular weight excluding hydrogens is 370 g/mol. The van der Waals surface area contributed by atoms with Gasteiger partial charge in [-0.25, -0.2) is 0 Å². The van der Waals surface area contributed by atoms with Gasteiger partial charge < -0.3 is 19.5 Å². The molecule has 0 aliphatic rings. The molecule has 29 heavy (non-hydrogen) atoms. The van der Waals surface area contributed by atoms with Crippen LogP contribution in [0.5, 0.6) is 5.75 Å². The summed E-state index contributed by atoms with van der Waals surface area (Å²) < 4.78 is 10.5. The van der Waals surface area contributed by atoms with Crippen LogP contribution in [0.15, 0.2) is 34.9 Å². The van der Waals surface area contributed by atoms with Crippen molar-refractivity contribution < 1.29 is 18.8 Å². The Morgan fingerprint density at radius 3 is 2.45 bits per heavy atom. The van der Waals surface area contributed by atoms with Crippen molar-refractivity contribution in [3.63, 3.8) is 0 Å². The number of amides is 2. The number of hydrogen-bond donors (Lipinski definition) is 1. The van der Waals surface area contributed by atoms with Gasteiger partial charge in [-0.1, -0.05) is 45.0 Å². The summed E-state index contributed by atoms with van der Waals surface area (Å²) in [5, 5.41) is 6.69. The van der Waals surface area contributed by atoms with E-state index in [9.17, 15) is 9.59 Å². The third kappa shape index (κ3) is 6.07. The predicted octanol–water partition coefficient (Wildman–Crippen LogP) is 3.79. The van der Waals surface area contributed by atoms with Crippen LogP contribution in [0.3, 0.4) is 0 Å². The smallest absolute Gasteiger partial charge is 0.273 e. The number of carbonyl (C=O) groups is 2. The summed E-state index contributed by atoms with van der Waals surface area (Å²) in [6.07, 6.45) is 0.825. The van der Waals surface area contributed by atoms with Crippen LogP contribution in [0.4, 0.5) is 0 Å². The zero-order chi connectivity index (χ0) is 21.6. The molecule has 0 bridgehead atoms. The number of rotatable bonds is 8. The largest absolute Gasteiger partial charge is 0.497 e. The summed E-state index contributed by atoms with van der Waals surface area (Å²) in [5.41, 5.74) is 0.643. The molecule has 0 fully saturated rings. The molecule has 1 N–H and O–H groups in total. The fourth-order valence-corrected chi connectivity index (χ4v) is 2.76. The van der Waals surface area contributed by atoms with Crippen molar-refractivity contribution in [1.82, 2.24) is 15.4 Å². The lowest BCUT2D eigenvalue weighted by Gasteiger charge is -2.33. The summed E-state index contributed by atoms with van der Waals surface area (Å²) in [6, 6.07) is 9.09. The maximum Gasteiger partial charge on any atom is 0.273 e. The quantitative estimate of drug-likeness (QED) is 0.727. The van der Waals surface area contributed by atoms with Gasteiger partial charge in [0.25, 0.3) is 5.91 Å². The van der Waals surface area contributed by atoms with Crippen molar-refractivity contribution in [2.24, 2.45) is 5.41 Å². The summed E-state index contributed by atoms with van der Waals surface area (Å²) in [4.78, 5) is 27.0. The summed E-state index contributed by atoms with van der Waals surface area (Å²) in [7, 11) is 1.61. The topological polar surface area (TPSA) is 84.7 Å². The second-order valence-electron chi connectivity index (χ2n) is 8.15. The van der Waals surface area contributed by atoms with Gasteiger partial charge in [0.05, 0.1) is 13.7 Å². The van der Waals surface area contributed by atoms with Crippen LogP contribution >= 0.6 is 0 Å². The Bertz CT molecular complexity index is 821. The van der Waals surface area contributed by atoms with E-state index in [2.05, 4.69) is 10.5 Å². The van der Waals surface area contributed by atoms with E-state index in [-0.39, 0.29) is 30.1 Å². The van der Waals surface area contributed by atoms with Crippen molar-refractivity contribution in [2.75, 3.05) is 7.11 Å². The van der Waals surface area contributed by atoms with Crippen molar-refractivity contribution in [1.29, 1.82) is 0 Å². The normalized spacial score (nSPS) is 12.3. The Balaban J connectivity index is 2.02. The van der Waals surface area contributed by atoms with Gasteiger partial charge in [-0.15, -0.1) is 0 Å². The fourth-order valence-electron chi connectivity index (χ4n) is 2.76. The van der Waals surface area contributed by atoms with Gasteiger partial charge >= 0.3 is 0 Å². The number of carbonyl (C=O) groups excluding carboxylic acids is 2. The predicted molar refractivity (Wildman–Crippen MR) is 110 cm³/mol. The van der Waals surface area contributed by atoms with Crippen molar-refractivity contribution in [3.8, 4) is 5.75 Å². The molecular formula is C22H31N3O4. The molecule has 0 aliphatic heterocycles. The Kier molecular flexibility index (Phi) is 7.42. The van der Waals surface area contributed by atoms with E-state index in [1.807, 2.05) is 58.9 Å². The standard InChI is InChI=1S/C22H31N3O4/c1-7-15(2)25(21(27)22(3,4)5)14-18-12-19(24-29-18)20(26)23-13-16-8-10-17(28-6)11-9-16/h8-12,15H,7,13-14H2,1-6H3,(H,23,26). The average molecular weight is 402 g/mol. The minimum absolute atomic E-state index is 0.0359. The molecule has 158 valence electrons. The molecule has 7 heteroatoms. The third-order valence-electron chi connectivity index (χ3n) is 4.76. The minimum atomic E-state index is -0.498. The number of benzene rings is 1. The van der Waals surface area contributed by atoms with Crippen molar-refractivity contribution >= 4 is 11.8 Å². The molecule has 1 atom stereocenters. The molecule has 0 spiro atoms. The van der Waals surface area contributed by atoms with Gasteiger partial charge in [-0.05, 0) is 31.0 Å². The second-order valence-corrected chi connectivity index (χ2v) is 8.15. The minimum Gasteiger partial charge on any atom is -0.497 e. The van der Waals surface area contributed by atoms with E-state index in [1.54, 1.807) is 18.1 Å². The van der Waals surface area contributed by atoms with E-state index in [4.69, 9.17) is 9.26 Å². The highest BCUT2D eigenvalue weighted by Gasteiger charge is 2.30. The molecule has 2 aromatic rings. The Hall–Kier alpha value is -2.83. The molecule has 1 aromatic heterocycles. The van der Waals surface area contributed by atoms with Gasteiger partial charge in [0.2, 0.25) is 5.91 Å². The van der Waals surface area contributed by atoms with Crippen LogP contribution < -0.4 is 10.1 Å². The molecule has 0 saturated carbocycles. The van der Waals surface area contributed by atoms with Crippen LogP contribution in [0, 0.1) is 5.41 Å². The first-order chi connectivity index (χ1) is 13.7. The van der Waals surface area contributed by atoms with Crippen molar-refractivity contribution in [2.45, 2.75) is 60.2 Å². The monoisotopic (exact) mass is 401 g/mol. The second kappa shape index (κ2) is 9.58. The Labute approximate surface area is 172 Å². The number of nitrogens with one attached hydrogen (secondary N) is 1. The number of ether oxygens (including phenoxy) is 1. The Morgan fingerprint density at radius 2 is 1.90 bits per heavy atom. The first kappa shape index (κ1) is 22.5. The highest BCUT2D eigenvalue weighted by atomic mass is 16.5. The van der Waals surface area contributed by atoms with E-state index in [0.29, 0.717) is 12.3 Å². The van der Waals surface area contributed by atoms with Gasteiger partial charge in [-0.3, -0.25) is 9.59 Å². The first-order valence-electron chi connectivity index (χ1n) is 9.83. The first-order valence-corrected chi connectivity index (χ1v) is 9.83. The molecule has 1 unspecified atom stereocenters. The summed E-state index contributed by atoms with van der Waals surface area (Å²) in [6.45, 7) is 10.4. The van der Waals surface area contributed by atoms with E-state index in [0.717, 1.165) is 17.7 Å². The van der Waals surface area contributed by atoms with Crippen LogP contribution in [-0.4, -0.2) is 35.0 Å². The zero-order valence-corrected chi connectivity index (χ0v) is 18.1. The Morgan fingerprint density at radius 1 is 1.24 bits per heavy atom. The summed E-state index contributed by atoms with van der Waals surface area (Å²) in [5.74, 6) is 0.955. The molecule has 2 rings (SSSR count). The van der Waals surface area contributed by atoms with Gasteiger partial charge in [0.1, 0.15) is 5.75 Å². The number of aromatic nitrogens is 1. The van der Waals surface area contributed by atoms with Crippen LogP contribution in [-0.2, 0) is 17.9 Å². The molecule has 1 heterocycles. The number of nitrogens with zero attached hydrogens (tertiary/aromatic N) is 2. The molecule has 0 radical (unpaired) electrons. The number of methoxy groups -OCH3 is 1. The molecule has 0 aliphatic carbocycles. The van der Waals surface area contributed by atoms with Crippen LogP contribution in [0.25, 0.3) is 0 Å². The molecule has 0 saturated heterocycles.